The molecular weight excluding hydrogens is 447 g/mol. The van der Waals surface area contributed by atoms with Gasteiger partial charge >= 0.3 is 6.36 Å². The maximum atomic E-state index is 13.4. The molecule has 2 aromatic heterocycles. The van der Waals surface area contributed by atoms with Crippen molar-refractivity contribution in [1.82, 2.24) is 15.3 Å². The van der Waals surface area contributed by atoms with Crippen LogP contribution in [0.1, 0.15) is 28.0 Å². The third-order valence-corrected chi connectivity index (χ3v) is 5.72. The zero-order valence-corrected chi connectivity index (χ0v) is 17.7. The molecule has 6 nitrogen and oxygen atoms in total. The Balaban J connectivity index is 1.56. The minimum atomic E-state index is -4.80. The van der Waals surface area contributed by atoms with E-state index in [0.29, 0.717) is 29.0 Å². The molecule has 1 amide bonds. The number of carbonyl (C=O) groups is 1. The predicted octanol–water partition coefficient (Wildman–Crippen LogP) is 4.98. The maximum absolute atomic E-state index is 13.4. The minimum absolute atomic E-state index is 0.281. The van der Waals surface area contributed by atoms with Gasteiger partial charge in [0.1, 0.15) is 22.7 Å². The fourth-order valence-electron chi connectivity index (χ4n) is 4.17. The van der Waals surface area contributed by atoms with Gasteiger partial charge in [-0.2, -0.15) is 0 Å². The normalized spacial score (nSPS) is 17.5. The maximum Gasteiger partial charge on any atom is 0.573 e. The zero-order valence-electron chi connectivity index (χ0n) is 17.7. The standard InChI is InChI=1S/C25H18F3N3O3/c26-25(27,28)34-20-7-5-19(6-8-20)24(10-13-33-21-2-1-11-30-22(21)24)31-23(32)17-3-4-18-15-29-12-9-16(18)14-17/h1-9,11-12,14-15H,10,13H2,(H,31,32)/t24-/m0/s1. The second-order valence-electron chi connectivity index (χ2n) is 7.82. The fourth-order valence-corrected chi connectivity index (χ4v) is 4.17. The van der Waals surface area contributed by atoms with E-state index in [0.717, 1.165) is 10.8 Å². The summed E-state index contributed by atoms with van der Waals surface area (Å²) in [7, 11) is 0. The highest BCUT2D eigenvalue weighted by atomic mass is 19.4. The van der Waals surface area contributed by atoms with Gasteiger partial charge in [0.2, 0.25) is 0 Å². The van der Waals surface area contributed by atoms with Gasteiger partial charge in [-0.1, -0.05) is 18.2 Å². The van der Waals surface area contributed by atoms with Crippen LogP contribution in [-0.2, 0) is 5.54 Å². The number of ether oxygens (including phenoxy) is 2. The van der Waals surface area contributed by atoms with Gasteiger partial charge in [0.15, 0.2) is 0 Å². The first-order valence-corrected chi connectivity index (χ1v) is 10.4. The number of nitrogens with zero attached hydrogens (tertiary/aromatic N) is 2. The molecule has 0 bridgehead atoms. The molecule has 4 aromatic rings. The number of nitrogens with one attached hydrogen (secondary N) is 1. The van der Waals surface area contributed by atoms with Crippen molar-refractivity contribution in [3.05, 3.63) is 96.1 Å². The first kappa shape index (κ1) is 21.7. The second kappa shape index (κ2) is 8.33. The summed E-state index contributed by atoms with van der Waals surface area (Å²) in [6, 6.07) is 16.0. The molecule has 0 spiro atoms. The molecule has 5 rings (SSSR count). The van der Waals surface area contributed by atoms with E-state index in [2.05, 4.69) is 20.0 Å². The Morgan fingerprint density at radius 2 is 1.85 bits per heavy atom. The average molecular weight is 465 g/mol. The monoisotopic (exact) mass is 465 g/mol. The lowest BCUT2D eigenvalue weighted by molar-refractivity contribution is -0.274. The summed E-state index contributed by atoms with van der Waals surface area (Å²) in [5.74, 6) is -0.212. The number of hydrogen-bond acceptors (Lipinski definition) is 5. The first-order chi connectivity index (χ1) is 16.3. The van der Waals surface area contributed by atoms with Gasteiger partial charge in [0.25, 0.3) is 5.91 Å². The third-order valence-electron chi connectivity index (χ3n) is 5.72. The smallest absolute Gasteiger partial charge is 0.491 e. The van der Waals surface area contributed by atoms with Crippen molar-refractivity contribution >= 4 is 16.7 Å². The molecule has 0 unspecified atom stereocenters. The number of carbonyl (C=O) groups excluding carboxylic acids is 1. The van der Waals surface area contributed by atoms with Crippen LogP contribution in [0.5, 0.6) is 11.5 Å². The average Bonchev–Trinajstić information content (AvgIpc) is 2.83. The Kier molecular flexibility index (Phi) is 5.31. The summed E-state index contributed by atoms with van der Waals surface area (Å²) < 4.78 is 47.6. The third kappa shape index (κ3) is 4.12. The molecule has 34 heavy (non-hydrogen) atoms. The van der Waals surface area contributed by atoms with Crippen LogP contribution in [-0.4, -0.2) is 28.8 Å². The molecule has 9 heteroatoms. The molecule has 1 N–H and O–H groups in total. The number of aromatic nitrogens is 2. The van der Waals surface area contributed by atoms with Crippen LogP contribution in [0, 0.1) is 0 Å². The van der Waals surface area contributed by atoms with E-state index in [-0.39, 0.29) is 18.3 Å². The van der Waals surface area contributed by atoms with Gasteiger partial charge in [0, 0.05) is 36.0 Å². The largest absolute Gasteiger partial charge is 0.573 e. The Morgan fingerprint density at radius 1 is 1.03 bits per heavy atom. The minimum Gasteiger partial charge on any atom is -0.491 e. The van der Waals surface area contributed by atoms with Crippen molar-refractivity contribution < 1.29 is 27.4 Å². The highest BCUT2D eigenvalue weighted by Gasteiger charge is 2.42. The van der Waals surface area contributed by atoms with Crippen LogP contribution in [0.4, 0.5) is 13.2 Å². The molecule has 2 aromatic carbocycles. The van der Waals surface area contributed by atoms with Gasteiger partial charge in [-0.25, -0.2) is 0 Å². The quantitative estimate of drug-likeness (QED) is 0.460. The van der Waals surface area contributed by atoms with E-state index in [9.17, 15) is 18.0 Å². The fraction of sp³-hybridized carbons (Fsp3) is 0.160. The first-order valence-electron chi connectivity index (χ1n) is 10.4. The van der Waals surface area contributed by atoms with Crippen LogP contribution in [0.15, 0.2) is 79.3 Å². The lowest BCUT2D eigenvalue weighted by Gasteiger charge is -2.39. The Labute approximate surface area is 192 Å². The highest BCUT2D eigenvalue weighted by molar-refractivity contribution is 5.99. The number of halogens is 3. The summed E-state index contributed by atoms with van der Waals surface area (Å²) in [6.07, 6.45) is 0.473. The topological polar surface area (TPSA) is 73.3 Å². The Bertz CT molecular complexity index is 1360. The van der Waals surface area contributed by atoms with Gasteiger partial charge < -0.3 is 14.8 Å². The van der Waals surface area contributed by atoms with Gasteiger partial charge in [-0.05, 0) is 53.4 Å². The molecule has 172 valence electrons. The van der Waals surface area contributed by atoms with Gasteiger partial charge in [-0.3, -0.25) is 14.8 Å². The van der Waals surface area contributed by atoms with E-state index in [1.54, 1.807) is 42.9 Å². The van der Waals surface area contributed by atoms with Gasteiger partial charge in [-0.15, -0.1) is 13.2 Å². The number of fused-ring (bicyclic) bond motifs is 2. The van der Waals surface area contributed by atoms with Crippen LogP contribution >= 0.6 is 0 Å². The molecule has 0 saturated carbocycles. The molecule has 0 aliphatic carbocycles. The van der Waals surface area contributed by atoms with Crippen LogP contribution in [0.3, 0.4) is 0 Å². The summed E-state index contributed by atoms with van der Waals surface area (Å²) in [4.78, 5) is 22.0. The molecule has 1 aliphatic rings. The lowest BCUT2D eigenvalue weighted by Crippen LogP contribution is -2.50. The van der Waals surface area contributed by atoms with Crippen molar-refractivity contribution in [3.63, 3.8) is 0 Å². The van der Waals surface area contributed by atoms with Crippen molar-refractivity contribution in [2.75, 3.05) is 6.61 Å². The van der Waals surface area contributed by atoms with E-state index in [4.69, 9.17) is 4.74 Å². The number of amides is 1. The summed E-state index contributed by atoms with van der Waals surface area (Å²) in [6.45, 7) is 0.281. The highest BCUT2D eigenvalue weighted by Crippen LogP contribution is 2.41. The second-order valence-corrected chi connectivity index (χ2v) is 7.82. The lowest BCUT2D eigenvalue weighted by atomic mass is 9.81. The van der Waals surface area contributed by atoms with Gasteiger partial charge in [0.05, 0.1) is 6.61 Å². The molecular formula is C25H18F3N3O3. The van der Waals surface area contributed by atoms with Crippen molar-refractivity contribution in [1.29, 1.82) is 0 Å². The van der Waals surface area contributed by atoms with E-state index in [1.807, 2.05) is 12.1 Å². The number of benzene rings is 2. The van der Waals surface area contributed by atoms with Crippen molar-refractivity contribution in [3.8, 4) is 11.5 Å². The molecule has 0 fully saturated rings. The number of rotatable bonds is 4. The number of pyridine rings is 2. The molecule has 0 radical (unpaired) electrons. The van der Waals surface area contributed by atoms with E-state index < -0.39 is 11.9 Å². The number of alkyl halides is 3. The predicted molar refractivity (Wildman–Crippen MR) is 117 cm³/mol. The van der Waals surface area contributed by atoms with Crippen LogP contribution in [0.2, 0.25) is 0 Å². The Morgan fingerprint density at radius 3 is 2.65 bits per heavy atom. The Hall–Kier alpha value is -4.14. The van der Waals surface area contributed by atoms with Crippen LogP contribution in [0.25, 0.3) is 10.8 Å². The van der Waals surface area contributed by atoms with E-state index in [1.165, 1.54) is 24.3 Å². The van der Waals surface area contributed by atoms with Crippen molar-refractivity contribution in [2.45, 2.75) is 18.3 Å². The molecule has 0 saturated heterocycles. The number of hydrogen-bond donors (Lipinski definition) is 1. The molecule has 3 heterocycles. The zero-order chi connectivity index (χ0) is 23.8. The van der Waals surface area contributed by atoms with E-state index >= 15 is 0 Å². The summed E-state index contributed by atoms with van der Waals surface area (Å²) in [5, 5.41) is 4.85. The molecule has 1 aliphatic heterocycles. The molecule has 1 atom stereocenters. The van der Waals surface area contributed by atoms with Crippen LogP contribution < -0.4 is 14.8 Å². The van der Waals surface area contributed by atoms with Crippen molar-refractivity contribution in [2.24, 2.45) is 0 Å². The summed E-state index contributed by atoms with van der Waals surface area (Å²) >= 11 is 0. The summed E-state index contributed by atoms with van der Waals surface area (Å²) in [5.41, 5.74) is 0.349. The SMILES string of the molecule is O=C(N[C@]1(c2ccc(OC(F)(F)F)cc2)CCOc2cccnc21)c1ccc2cnccc2c1.